The van der Waals surface area contributed by atoms with Crippen molar-refractivity contribution in [3.63, 3.8) is 0 Å². The van der Waals surface area contributed by atoms with Crippen LogP contribution in [0.15, 0.2) is 0 Å². The first-order valence-corrected chi connectivity index (χ1v) is 3.83. The first kappa shape index (κ1) is 18.6. The summed E-state index contributed by atoms with van der Waals surface area (Å²) in [5.74, 6) is -7.30. The lowest BCUT2D eigenvalue weighted by molar-refractivity contribution is -0.704. The second kappa shape index (κ2) is 4.56. The summed E-state index contributed by atoms with van der Waals surface area (Å²) in [7, 11) is 0. The number of rotatable bonds is 5. The zero-order valence-corrected chi connectivity index (χ0v) is 8.33. The lowest BCUT2D eigenvalue weighted by atomic mass is 10.3. The predicted molar refractivity (Wildman–Crippen MR) is 33.9 cm³/mol. The Bertz CT molecular complexity index is 388. The van der Waals surface area contributed by atoms with Gasteiger partial charge in [-0.3, -0.25) is 10.1 Å². The van der Waals surface area contributed by atoms with Crippen LogP contribution in [0.5, 0.6) is 0 Å². The van der Waals surface area contributed by atoms with E-state index in [1.165, 1.54) is 4.74 Å². The summed E-state index contributed by atoms with van der Waals surface area (Å²) in [5.41, 5.74) is 0. The van der Waals surface area contributed by atoms with Crippen LogP contribution in [0.1, 0.15) is 0 Å². The Hall–Kier alpha value is -1.41. The fraction of sp³-hybridized carbons (Fsp3) is 1.00. The molecule has 0 aliphatic heterocycles. The molecule has 4 nitrogen and oxygen atoms in total. The molecule has 0 aromatic heterocycles. The fourth-order valence-corrected chi connectivity index (χ4v) is 0.558. The molecule has 0 radical (unpaired) electrons. The van der Waals surface area contributed by atoms with E-state index in [0.29, 0.717) is 0 Å². The number of nitro groups is 1. The average Bonchev–Trinajstić information content (AvgIpc) is 2.12. The highest BCUT2D eigenvalue weighted by atomic mass is 19.4. The molecular weight excluding hydrogens is 331 g/mol. The number of halogens is 11. The van der Waals surface area contributed by atoms with Crippen LogP contribution in [-0.2, 0) is 4.74 Å². The van der Waals surface area contributed by atoms with E-state index >= 15 is 0 Å². The van der Waals surface area contributed by atoms with Gasteiger partial charge in [0.1, 0.15) is 4.92 Å². The van der Waals surface area contributed by atoms with Crippen molar-refractivity contribution in [3.05, 3.63) is 10.1 Å². The van der Waals surface area contributed by atoms with Crippen molar-refractivity contribution in [1.29, 1.82) is 0 Å². The molecular formula is C5F11NO3. The summed E-state index contributed by atoms with van der Waals surface area (Å²) in [5, 5.41) is 9.44. The molecule has 0 saturated carbocycles. The molecule has 0 spiro atoms. The molecule has 0 bridgehead atoms. The lowest BCUT2D eigenvalue weighted by Crippen LogP contribution is -2.60. The zero-order valence-electron chi connectivity index (χ0n) is 8.33. The summed E-state index contributed by atoms with van der Waals surface area (Å²) in [6.45, 7) is 0. The molecule has 0 amide bonds. The predicted octanol–water partition coefficient (Wildman–Crippen LogP) is 3.26. The molecule has 20 heavy (non-hydrogen) atoms. The van der Waals surface area contributed by atoms with Crippen LogP contribution in [0.4, 0.5) is 48.3 Å². The molecule has 0 saturated heterocycles. The molecule has 0 rings (SSSR count). The van der Waals surface area contributed by atoms with Gasteiger partial charge in [0.2, 0.25) is 0 Å². The summed E-state index contributed by atoms with van der Waals surface area (Å²) < 4.78 is 133. The van der Waals surface area contributed by atoms with Gasteiger partial charge < -0.3 is 0 Å². The molecule has 0 aliphatic carbocycles. The van der Waals surface area contributed by atoms with E-state index in [9.17, 15) is 58.4 Å². The molecule has 0 N–H and O–H groups in total. The zero-order chi connectivity index (χ0) is 16.8. The third-order valence-electron chi connectivity index (χ3n) is 1.56. The maximum Gasteiger partial charge on any atom is 0.605 e. The lowest BCUT2D eigenvalue weighted by Gasteiger charge is -2.30. The highest BCUT2D eigenvalue weighted by Gasteiger charge is 2.81. The Balaban J connectivity index is 5.56. The molecule has 15 heteroatoms. The molecule has 0 atom stereocenters. The fourth-order valence-electron chi connectivity index (χ4n) is 0.558. The number of alkyl halides is 11. The monoisotopic (exact) mass is 331 g/mol. The van der Waals surface area contributed by atoms with Crippen molar-refractivity contribution in [2.45, 2.75) is 30.4 Å². The maximum absolute atomic E-state index is 12.3. The Morgan fingerprint density at radius 3 is 1.35 bits per heavy atom. The summed E-state index contributed by atoms with van der Waals surface area (Å²) in [6, 6.07) is -6.67. The van der Waals surface area contributed by atoms with Crippen molar-refractivity contribution in [2.75, 3.05) is 0 Å². The van der Waals surface area contributed by atoms with Gasteiger partial charge in [0, 0.05) is 0 Å². The van der Waals surface area contributed by atoms with Crippen LogP contribution in [0, 0.1) is 10.1 Å². The van der Waals surface area contributed by atoms with Gasteiger partial charge in [-0.05, 0) is 0 Å². The van der Waals surface area contributed by atoms with E-state index in [0.717, 1.165) is 0 Å². The smallest absolute Gasteiger partial charge is 0.259 e. The molecule has 0 fully saturated rings. The summed E-state index contributed by atoms with van der Waals surface area (Å²) >= 11 is 0. The topological polar surface area (TPSA) is 52.4 Å². The van der Waals surface area contributed by atoms with Crippen LogP contribution >= 0.6 is 0 Å². The molecule has 120 valence electrons. The van der Waals surface area contributed by atoms with Gasteiger partial charge in [0.25, 0.3) is 0 Å². The van der Waals surface area contributed by atoms with E-state index < -0.39 is 35.3 Å². The second-order valence-corrected chi connectivity index (χ2v) is 3.01. The molecule has 0 aliphatic rings. The van der Waals surface area contributed by atoms with E-state index in [1.54, 1.807) is 0 Å². The standard InChI is InChI=1S/C5F11NO3/c6-1(7,2(8,9)10)4(13,14)20-5(15,16)3(11,12)17(18)19. The average molecular weight is 331 g/mol. The van der Waals surface area contributed by atoms with Gasteiger partial charge in [0.15, 0.2) is 0 Å². The van der Waals surface area contributed by atoms with Gasteiger partial charge in [0.05, 0.1) is 0 Å². The Morgan fingerprint density at radius 2 is 1.10 bits per heavy atom. The van der Waals surface area contributed by atoms with Crippen molar-refractivity contribution >= 4 is 0 Å². The van der Waals surface area contributed by atoms with Crippen LogP contribution < -0.4 is 0 Å². The van der Waals surface area contributed by atoms with E-state index in [4.69, 9.17) is 0 Å². The molecule has 0 aromatic rings. The van der Waals surface area contributed by atoms with Gasteiger partial charge in [-0.25, -0.2) is 4.74 Å². The highest BCUT2D eigenvalue weighted by Crippen LogP contribution is 2.50. The van der Waals surface area contributed by atoms with E-state index in [-0.39, 0.29) is 0 Å². The second-order valence-electron chi connectivity index (χ2n) is 3.01. The van der Waals surface area contributed by atoms with E-state index in [1.807, 2.05) is 0 Å². The largest absolute Gasteiger partial charge is 0.605 e. The van der Waals surface area contributed by atoms with Crippen LogP contribution in [0.25, 0.3) is 0 Å². The third-order valence-corrected chi connectivity index (χ3v) is 1.56. The van der Waals surface area contributed by atoms with Gasteiger partial charge in [-0.2, -0.15) is 39.5 Å². The Kier molecular flexibility index (Phi) is 4.24. The Labute approximate surface area is 99.8 Å². The molecule has 0 heterocycles. The number of hydrogen-bond acceptors (Lipinski definition) is 3. The van der Waals surface area contributed by atoms with Crippen molar-refractivity contribution in [1.82, 2.24) is 0 Å². The maximum atomic E-state index is 12.3. The van der Waals surface area contributed by atoms with Crippen LogP contribution in [0.2, 0.25) is 0 Å². The minimum Gasteiger partial charge on any atom is -0.259 e. The number of hydrogen-bond donors (Lipinski definition) is 0. The number of ether oxygens (including phenoxy) is 1. The van der Waals surface area contributed by atoms with Crippen molar-refractivity contribution in [2.24, 2.45) is 0 Å². The minimum absolute atomic E-state index is 1.41. The quantitative estimate of drug-likeness (QED) is 0.336. The SMILES string of the molecule is O=[N+]([O-])C(F)(F)C(F)(F)OC(F)(F)C(F)(F)C(F)(F)F. The molecule has 0 aromatic carbocycles. The van der Waals surface area contributed by atoms with Crippen LogP contribution in [-0.4, -0.2) is 35.3 Å². The number of nitrogens with zero attached hydrogens (tertiary/aromatic N) is 1. The minimum atomic E-state index is -7.30. The first-order chi connectivity index (χ1) is 8.40. The van der Waals surface area contributed by atoms with Gasteiger partial charge in [-0.15, -0.1) is 8.78 Å². The van der Waals surface area contributed by atoms with Gasteiger partial charge in [-0.1, -0.05) is 0 Å². The summed E-state index contributed by atoms with van der Waals surface area (Å²) in [4.78, 5) is 6.24. The first-order valence-electron chi connectivity index (χ1n) is 3.83. The normalized spacial score (nSPS) is 15.3. The Morgan fingerprint density at radius 1 is 0.750 bits per heavy atom. The molecule has 0 unspecified atom stereocenters. The van der Waals surface area contributed by atoms with Crippen molar-refractivity contribution in [3.8, 4) is 0 Å². The van der Waals surface area contributed by atoms with Crippen LogP contribution in [0.3, 0.4) is 0 Å². The highest BCUT2D eigenvalue weighted by molar-refractivity contribution is 4.86. The summed E-state index contributed by atoms with van der Waals surface area (Å²) in [6.07, 6.45) is -21.3. The van der Waals surface area contributed by atoms with Crippen molar-refractivity contribution < 1.29 is 58.0 Å². The van der Waals surface area contributed by atoms with Gasteiger partial charge >= 0.3 is 30.4 Å². The third kappa shape index (κ3) is 2.85. The van der Waals surface area contributed by atoms with E-state index in [2.05, 4.69) is 0 Å².